The molecule has 0 radical (unpaired) electrons. The van der Waals surface area contributed by atoms with Crippen molar-refractivity contribution in [2.24, 2.45) is 0 Å². The normalized spacial score (nSPS) is 26.1. The van der Waals surface area contributed by atoms with Crippen molar-refractivity contribution in [2.45, 2.75) is 57.6 Å². The molecule has 0 bridgehead atoms. The number of rotatable bonds is 6. The molecule has 1 aromatic rings. The van der Waals surface area contributed by atoms with Crippen LogP contribution in [0.4, 0.5) is 0 Å². The zero-order valence-electron chi connectivity index (χ0n) is 11.4. The van der Waals surface area contributed by atoms with E-state index in [1.54, 1.807) is 11.3 Å². The Morgan fingerprint density at radius 3 is 3.22 bits per heavy atom. The molecule has 0 spiro atoms. The Bertz CT molecular complexity index is 327. The fourth-order valence-electron chi connectivity index (χ4n) is 2.50. The van der Waals surface area contributed by atoms with Gasteiger partial charge in [0.15, 0.2) is 0 Å². The zero-order chi connectivity index (χ0) is 12.8. The molecule has 0 aliphatic carbocycles. The highest BCUT2D eigenvalue weighted by Crippen LogP contribution is 2.20. The standard InChI is InChI=1S/C14H24N2OS/c1-3-4-13-9-12(5-7-17-13)16-10-11(2)14-15-6-8-18-14/h6,8,11-13,16H,3-5,7,9-10H2,1-2H3. The summed E-state index contributed by atoms with van der Waals surface area (Å²) in [5.41, 5.74) is 0. The summed E-state index contributed by atoms with van der Waals surface area (Å²) in [5, 5.41) is 6.97. The number of ether oxygens (including phenoxy) is 1. The number of hydrogen-bond donors (Lipinski definition) is 1. The average molecular weight is 268 g/mol. The van der Waals surface area contributed by atoms with Crippen LogP contribution in [0.25, 0.3) is 0 Å². The summed E-state index contributed by atoms with van der Waals surface area (Å²) >= 11 is 1.75. The molecule has 1 aliphatic rings. The summed E-state index contributed by atoms with van der Waals surface area (Å²) in [6.45, 7) is 6.41. The van der Waals surface area contributed by atoms with Gasteiger partial charge >= 0.3 is 0 Å². The highest BCUT2D eigenvalue weighted by molar-refractivity contribution is 7.09. The van der Waals surface area contributed by atoms with Gasteiger partial charge in [0.05, 0.1) is 11.1 Å². The van der Waals surface area contributed by atoms with Crippen LogP contribution in [0.2, 0.25) is 0 Å². The van der Waals surface area contributed by atoms with Gasteiger partial charge < -0.3 is 10.1 Å². The van der Waals surface area contributed by atoms with Crippen LogP contribution in [-0.4, -0.2) is 30.3 Å². The van der Waals surface area contributed by atoms with Crippen molar-refractivity contribution < 1.29 is 4.74 Å². The molecule has 0 saturated carbocycles. The molecule has 1 fully saturated rings. The van der Waals surface area contributed by atoms with E-state index >= 15 is 0 Å². The van der Waals surface area contributed by atoms with Gasteiger partial charge in [-0.3, -0.25) is 0 Å². The maximum absolute atomic E-state index is 5.78. The molecular formula is C14H24N2OS. The fourth-order valence-corrected chi connectivity index (χ4v) is 3.20. The highest BCUT2D eigenvalue weighted by Gasteiger charge is 2.22. The Hall–Kier alpha value is -0.450. The van der Waals surface area contributed by atoms with E-state index in [0.29, 0.717) is 18.1 Å². The van der Waals surface area contributed by atoms with E-state index < -0.39 is 0 Å². The minimum Gasteiger partial charge on any atom is -0.378 e. The van der Waals surface area contributed by atoms with Crippen molar-refractivity contribution in [2.75, 3.05) is 13.2 Å². The number of nitrogens with zero attached hydrogens (tertiary/aromatic N) is 1. The molecule has 0 amide bonds. The van der Waals surface area contributed by atoms with E-state index in [2.05, 4.69) is 29.5 Å². The molecule has 4 heteroatoms. The maximum atomic E-state index is 5.78. The van der Waals surface area contributed by atoms with Crippen molar-refractivity contribution in [3.05, 3.63) is 16.6 Å². The van der Waals surface area contributed by atoms with Crippen LogP contribution < -0.4 is 5.32 Å². The molecule has 2 rings (SSSR count). The Labute approximate surface area is 114 Å². The number of thiazole rings is 1. The highest BCUT2D eigenvalue weighted by atomic mass is 32.1. The van der Waals surface area contributed by atoms with Gasteiger partial charge in [0.2, 0.25) is 0 Å². The lowest BCUT2D eigenvalue weighted by Gasteiger charge is -2.30. The monoisotopic (exact) mass is 268 g/mol. The summed E-state index contributed by atoms with van der Waals surface area (Å²) in [5.74, 6) is 0.512. The lowest BCUT2D eigenvalue weighted by Crippen LogP contribution is -2.40. The molecule has 1 aliphatic heterocycles. The Balaban J connectivity index is 1.72. The van der Waals surface area contributed by atoms with Crippen LogP contribution in [0.1, 0.15) is 50.5 Å². The second kappa shape index (κ2) is 7.22. The number of nitrogens with one attached hydrogen (secondary N) is 1. The van der Waals surface area contributed by atoms with Gasteiger partial charge in [0, 0.05) is 36.7 Å². The summed E-state index contributed by atoms with van der Waals surface area (Å²) < 4.78 is 5.78. The van der Waals surface area contributed by atoms with Gasteiger partial charge in [-0.2, -0.15) is 0 Å². The molecule has 1 aromatic heterocycles. The SMILES string of the molecule is CCCC1CC(NCC(C)c2nccs2)CCO1. The van der Waals surface area contributed by atoms with Gasteiger partial charge in [-0.05, 0) is 19.3 Å². The first-order valence-electron chi connectivity index (χ1n) is 7.04. The number of hydrogen-bond acceptors (Lipinski definition) is 4. The molecule has 102 valence electrons. The van der Waals surface area contributed by atoms with Gasteiger partial charge in [-0.15, -0.1) is 11.3 Å². The molecular weight excluding hydrogens is 244 g/mol. The van der Waals surface area contributed by atoms with Crippen LogP contribution in [0.3, 0.4) is 0 Å². The first-order valence-corrected chi connectivity index (χ1v) is 7.92. The second-order valence-electron chi connectivity index (χ2n) is 5.18. The molecule has 1 N–H and O–H groups in total. The maximum Gasteiger partial charge on any atom is 0.0965 e. The van der Waals surface area contributed by atoms with Gasteiger partial charge in [-0.1, -0.05) is 20.3 Å². The van der Waals surface area contributed by atoms with E-state index in [1.807, 2.05) is 6.20 Å². The van der Waals surface area contributed by atoms with Crippen molar-refractivity contribution in [3.63, 3.8) is 0 Å². The summed E-state index contributed by atoms with van der Waals surface area (Å²) in [6, 6.07) is 0.623. The average Bonchev–Trinajstić information content (AvgIpc) is 2.91. The minimum absolute atomic E-state index is 0.469. The van der Waals surface area contributed by atoms with Crippen molar-refractivity contribution >= 4 is 11.3 Å². The first kappa shape index (κ1) is 14.0. The summed E-state index contributed by atoms with van der Waals surface area (Å²) in [4.78, 5) is 4.38. The topological polar surface area (TPSA) is 34.2 Å². The molecule has 3 unspecified atom stereocenters. The Morgan fingerprint density at radius 2 is 2.50 bits per heavy atom. The molecule has 1 saturated heterocycles. The van der Waals surface area contributed by atoms with E-state index in [9.17, 15) is 0 Å². The van der Waals surface area contributed by atoms with Gasteiger partial charge in [0.25, 0.3) is 0 Å². The van der Waals surface area contributed by atoms with E-state index in [0.717, 1.165) is 19.6 Å². The van der Waals surface area contributed by atoms with Crippen molar-refractivity contribution in [1.29, 1.82) is 0 Å². The van der Waals surface area contributed by atoms with Crippen LogP contribution in [-0.2, 0) is 4.74 Å². The summed E-state index contributed by atoms with van der Waals surface area (Å²) in [7, 11) is 0. The third kappa shape index (κ3) is 4.04. The largest absolute Gasteiger partial charge is 0.378 e. The van der Waals surface area contributed by atoms with E-state index in [1.165, 1.54) is 24.3 Å². The second-order valence-corrected chi connectivity index (χ2v) is 6.11. The predicted octanol–water partition coefficient (Wildman–Crippen LogP) is 3.18. The summed E-state index contributed by atoms with van der Waals surface area (Å²) in [6.07, 6.45) is 7.08. The molecule has 18 heavy (non-hydrogen) atoms. The van der Waals surface area contributed by atoms with Crippen LogP contribution in [0, 0.1) is 0 Å². The lowest BCUT2D eigenvalue weighted by molar-refractivity contribution is -0.00324. The number of aromatic nitrogens is 1. The Kier molecular flexibility index (Phi) is 5.60. The van der Waals surface area contributed by atoms with Crippen molar-refractivity contribution in [3.8, 4) is 0 Å². The molecule has 3 atom stereocenters. The van der Waals surface area contributed by atoms with E-state index in [-0.39, 0.29) is 0 Å². The van der Waals surface area contributed by atoms with Gasteiger partial charge in [-0.25, -0.2) is 4.98 Å². The van der Waals surface area contributed by atoms with Crippen molar-refractivity contribution in [1.82, 2.24) is 10.3 Å². The smallest absolute Gasteiger partial charge is 0.0965 e. The Morgan fingerprint density at radius 1 is 1.61 bits per heavy atom. The third-order valence-corrected chi connectivity index (χ3v) is 4.57. The quantitative estimate of drug-likeness (QED) is 0.860. The van der Waals surface area contributed by atoms with Crippen LogP contribution >= 0.6 is 11.3 Å². The van der Waals surface area contributed by atoms with E-state index in [4.69, 9.17) is 4.74 Å². The molecule has 3 nitrogen and oxygen atoms in total. The third-order valence-electron chi connectivity index (χ3n) is 3.56. The fraction of sp³-hybridized carbons (Fsp3) is 0.786. The van der Waals surface area contributed by atoms with Crippen LogP contribution in [0.5, 0.6) is 0 Å². The van der Waals surface area contributed by atoms with Gasteiger partial charge in [0.1, 0.15) is 0 Å². The molecule has 0 aromatic carbocycles. The predicted molar refractivity (Wildman–Crippen MR) is 76.2 cm³/mol. The lowest BCUT2D eigenvalue weighted by atomic mass is 9.99. The minimum atomic E-state index is 0.469. The first-order chi connectivity index (χ1) is 8.79. The molecule has 2 heterocycles. The zero-order valence-corrected chi connectivity index (χ0v) is 12.2. The van der Waals surface area contributed by atoms with Crippen LogP contribution in [0.15, 0.2) is 11.6 Å².